The predicted molar refractivity (Wildman–Crippen MR) is 129 cm³/mol. The van der Waals surface area contributed by atoms with Gasteiger partial charge in [-0.05, 0) is 31.2 Å². The first kappa shape index (κ1) is 21.7. The van der Waals surface area contributed by atoms with Crippen LogP contribution in [0.3, 0.4) is 0 Å². The number of para-hydroxylation sites is 2. The van der Waals surface area contributed by atoms with E-state index in [-0.39, 0.29) is 5.91 Å². The molecule has 0 atom stereocenters. The molecular formula is C24H26N6O2S. The van der Waals surface area contributed by atoms with Crippen LogP contribution in [-0.2, 0) is 4.79 Å². The summed E-state index contributed by atoms with van der Waals surface area (Å²) < 4.78 is 7.54. The van der Waals surface area contributed by atoms with Gasteiger partial charge in [0.2, 0.25) is 5.91 Å². The molecule has 1 aliphatic heterocycles. The Balaban J connectivity index is 1.15. The molecule has 0 aliphatic carbocycles. The standard InChI is InChI=1S/C24H26N6O2S/c1-18-25-23-20-9-5-6-10-21(20)26-24(30(23)27-18)33-17-22(31)29-13-11-28(12-14-29)15-16-32-19-7-3-2-4-8-19/h2-10H,11-17H2,1H3. The second-order valence-corrected chi connectivity index (χ2v) is 8.92. The second-order valence-electron chi connectivity index (χ2n) is 7.98. The molecule has 1 fully saturated rings. The number of carbonyl (C=O) groups is 1. The summed E-state index contributed by atoms with van der Waals surface area (Å²) in [5.74, 6) is 2.03. The lowest BCUT2D eigenvalue weighted by Gasteiger charge is -2.34. The molecule has 3 heterocycles. The molecule has 0 N–H and O–H groups in total. The van der Waals surface area contributed by atoms with Crippen LogP contribution < -0.4 is 4.74 Å². The third-order valence-corrected chi connectivity index (χ3v) is 6.64. The Hall–Kier alpha value is -3.17. The summed E-state index contributed by atoms with van der Waals surface area (Å²) in [5, 5.41) is 6.14. The lowest BCUT2D eigenvalue weighted by molar-refractivity contribution is -0.130. The highest BCUT2D eigenvalue weighted by atomic mass is 32.2. The highest BCUT2D eigenvalue weighted by molar-refractivity contribution is 7.99. The summed E-state index contributed by atoms with van der Waals surface area (Å²) in [7, 11) is 0. The van der Waals surface area contributed by atoms with Gasteiger partial charge in [-0.1, -0.05) is 42.1 Å². The number of nitrogens with zero attached hydrogens (tertiary/aromatic N) is 6. The average Bonchev–Trinajstić information content (AvgIpc) is 3.25. The molecule has 9 heteroatoms. The van der Waals surface area contributed by atoms with E-state index in [9.17, 15) is 4.79 Å². The highest BCUT2D eigenvalue weighted by Gasteiger charge is 2.22. The van der Waals surface area contributed by atoms with Crippen molar-refractivity contribution in [1.82, 2.24) is 29.4 Å². The van der Waals surface area contributed by atoms with Crippen molar-refractivity contribution in [2.75, 3.05) is 45.1 Å². The number of benzene rings is 2. The van der Waals surface area contributed by atoms with Crippen molar-refractivity contribution in [1.29, 1.82) is 0 Å². The molecule has 1 aliphatic rings. The lowest BCUT2D eigenvalue weighted by atomic mass is 10.2. The van der Waals surface area contributed by atoms with Gasteiger partial charge in [0.25, 0.3) is 0 Å². The minimum absolute atomic E-state index is 0.125. The maximum Gasteiger partial charge on any atom is 0.233 e. The molecule has 0 spiro atoms. The fourth-order valence-corrected chi connectivity index (χ4v) is 4.82. The summed E-state index contributed by atoms with van der Waals surface area (Å²) >= 11 is 1.42. The molecule has 0 radical (unpaired) electrons. The van der Waals surface area contributed by atoms with E-state index in [2.05, 4.69) is 15.0 Å². The number of amides is 1. The van der Waals surface area contributed by atoms with Crippen molar-refractivity contribution in [2.45, 2.75) is 12.1 Å². The zero-order valence-electron chi connectivity index (χ0n) is 18.6. The van der Waals surface area contributed by atoms with Crippen LogP contribution in [0.15, 0.2) is 59.8 Å². The number of ether oxygens (including phenoxy) is 1. The van der Waals surface area contributed by atoms with Gasteiger partial charge in [0, 0.05) is 38.1 Å². The fraction of sp³-hybridized carbons (Fsp3) is 0.333. The number of carbonyl (C=O) groups excluding carboxylic acids is 1. The summed E-state index contributed by atoms with van der Waals surface area (Å²) in [6, 6.07) is 17.7. The van der Waals surface area contributed by atoms with Crippen molar-refractivity contribution in [3.8, 4) is 5.75 Å². The average molecular weight is 463 g/mol. The second kappa shape index (κ2) is 9.76. The van der Waals surface area contributed by atoms with E-state index in [1.165, 1.54) is 11.8 Å². The molecule has 2 aromatic carbocycles. The molecule has 170 valence electrons. The number of hydrogen-bond donors (Lipinski definition) is 0. The number of thioether (sulfide) groups is 1. The largest absolute Gasteiger partial charge is 0.492 e. The van der Waals surface area contributed by atoms with Crippen LogP contribution in [0.4, 0.5) is 0 Å². The summed E-state index contributed by atoms with van der Waals surface area (Å²) in [5.41, 5.74) is 1.64. The van der Waals surface area contributed by atoms with Gasteiger partial charge in [-0.25, -0.2) is 9.97 Å². The van der Waals surface area contributed by atoms with E-state index in [0.717, 1.165) is 55.0 Å². The minimum atomic E-state index is 0.125. The highest BCUT2D eigenvalue weighted by Crippen LogP contribution is 2.24. The Morgan fingerprint density at radius 1 is 1.00 bits per heavy atom. The number of rotatable bonds is 7. The monoisotopic (exact) mass is 462 g/mol. The van der Waals surface area contributed by atoms with Crippen LogP contribution in [0.2, 0.25) is 0 Å². The van der Waals surface area contributed by atoms with Gasteiger partial charge in [0.1, 0.15) is 18.2 Å². The number of aromatic nitrogens is 4. The van der Waals surface area contributed by atoms with Crippen LogP contribution in [0.25, 0.3) is 16.6 Å². The minimum Gasteiger partial charge on any atom is -0.492 e. The van der Waals surface area contributed by atoms with E-state index in [1.54, 1.807) is 4.52 Å². The van der Waals surface area contributed by atoms with Crippen LogP contribution in [0, 0.1) is 6.92 Å². The topological polar surface area (TPSA) is 75.9 Å². The van der Waals surface area contributed by atoms with Crippen molar-refractivity contribution in [2.24, 2.45) is 0 Å². The molecule has 1 amide bonds. The Morgan fingerprint density at radius 3 is 2.58 bits per heavy atom. The smallest absolute Gasteiger partial charge is 0.233 e. The van der Waals surface area contributed by atoms with Gasteiger partial charge in [-0.15, -0.1) is 5.10 Å². The maximum absolute atomic E-state index is 12.9. The Kier molecular flexibility index (Phi) is 6.41. The molecular weight excluding hydrogens is 436 g/mol. The van der Waals surface area contributed by atoms with Crippen molar-refractivity contribution in [3.05, 3.63) is 60.4 Å². The quantitative estimate of drug-likeness (QED) is 0.309. The van der Waals surface area contributed by atoms with Crippen molar-refractivity contribution < 1.29 is 9.53 Å². The number of aryl methyl sites for hydroxylation is 1. The van der Waals surface area contributed by atoms with Gasteiger partial charge >= 0.3 is 0 Å². The van der Waals surface area contributed by atoms with Crippen LogP contribution in [0.5, 0.6) is 5.75 Å². The van der Waals surface area contributed by atoms with Crippen LogP contribution in [0.1, 0.15) is 5.82 Å². The molecule has 33 heavy (non-hydrogen) atoms. The first-order valence-electron chi connectivity index (χ1n) is 11.1. The first-order valence-corrected chi connectivity index (χ1v) is 12.1. The third kappa shape index (κ3) is 4.94. The van der Waals surface area contributed by atoms with Crippen LogP contribution >= 0.6 is 11.8 Å². The van der Waals surface area contributed by atoms with Crippen molar-refractivity contribution in [3.63, 3.8) is 0 Å². The van der Waals surface area contributed by atoms with Gasteiger partial charge < -0.3 is 9.64 Å². The van der Waals surface area contributed by atoms with E-state index in [1.807, 2.05) is 66.4 Å². The zero-order valence-corrected chi connectivity index (χ0v) is 19.4. The molecule has 4 aromatic rings. The van der Waals surface area contributed by atoms with Crippen molar-refractivity contribution >= 4 is 34.2 Å². The van der Waals surface area contributed by atoms with Gasteiger partial charge in [-0.3, -0.25) is 9.69 Å². The van der Waals surface area contributed by atoms with E-state index in [0.29, 0.717) is 23.3 Å². The molecule has 0 unspecified atom stereocenters. The molecule has 5 rings (SSSR count). The first-order chi connectivity index (χ1) is 16.2. The van der Waals surface area contributed by atoms with Gasteiger partial charge in [0.05, 0.1) is 11.3 Å². The number of piperazine rings is 1. The summed E-state index contributed by atoms with van der Waals surface area (Å²) in [6.45, 7) is 6.54. The van der Waals surface area contributed by atoms with E-state index < -0.39 is 0 Å². The predicted octanol–water partition coefficient (Wildman–Crippen LogP) is 2.90. The number of hydrogen-bond acceptors (Lipinski definition) is 7. The van der Waals surface area contributed by atoms with E-state index >= 15 is 0 Å². The Labute approximate surface area is 196 Å². The molecule has 0 bridgehead atoms. The van der Waals surface area contributed by atoms with E-state index in [4.69, 9.17) is 9.72 Å². The Morgan fingerprint density at radius 2 is 1.76 bits per heavy atom. The summed E-state index contributed by atoms with van der Waals surface area (Å²) in [6.07, 6.45) is 0. The van der Waals surface area contributed by atoms with Crippen LogP contribution in [-0.4, -0.2) is 80.4 Å². The Bertz CT molecular complexity index is 1250. The fourth-order valence-electron chi connectivity index (χ4n) is 3.97. The molecule has 2 aromatic heterocycles. The molecule has 1 saturated heterocycles. The number of fused-ring (bicyclic) bond motifs is 3. The van der Waals surface area contributed by atoms with Gasteiger partial charge in [-0.2, -0.15) is 4.52 Å². The maximum atomic E-state index is 12.9. The SMILES string of the molecule is Cc1nc2c3ccccc3nc(SCC(=O)N3CCN(CCOc4ccccc4)CC3)n2n1. The molecule has 0 saturated carbocycles. The normalized spacial score (nSPS) is 14.8. The third-order valence-electron chi connectivity index (χ3n) is 5.72. The summed E-state index contributed by atoms with van der Waals surface area (Å²) in [4.78, 5) is 26.4. The zero-order chi connectivity index (χ0) is 22.6. The van der Waals surface area contributed by atoms with Gasteiger partial charge in [0.15, 0.2) is 10.8 Å². The molecule has 8 nitrogen and oxygen atoms in total. The lowest BCUT2D eigenvalue weighted by Crippen LogP contribution is -2.50.